The molecule has 0 spiro atoms. The molecule has 0 N–H and O–H groups in total. The van der Waals surface area contributed by atoms with Crippen LogP contribution in [0.15, 0.2) is 45.4 Å². The van der Waals surface area contributed by atoms with Crippen molar-refractivity contribution in [1.82, 2.24) is 9.38 Å². The lowest BCUT2D eigenvalue weighted by molar-refractivity contribution is -0.144. The summed E-state index contributed by atoms with van der Waals surface area (Å²) in [6, 6.07) is 7.76. The molecule has 0 atom stereocenters. The number of sulfone groups is 1. The number of benzene rings is 1. The topological polar surface area (TPSA) is 94.8 Å². The molecule has 0 amide bonds. The zero-order chi connectivity index (χ0) is 19.6. The van der Waals surface area contributed by atoms with Crippen molar-refractivity contribution in [3.05, 3.63) is 63.0 Å². The second kappa shape index (κ2) is 7.61. The lowest BCUT2D eigenvalue weighted by Gasteiger charge is -2.06. The van der Waals surface area contributed by atoms with E-state index >= 15 is 0 Å². The van der Waals surface area contributed by atoms with Crippen LogP contribution in [0.3, 0.4) is 0 Å². The van der Waals surface area contributed by atoms with E-state index in [0.29, 0.717) is 10.7 Å². The summed E-state index contributed by atoms with van der Waals surface area (Å²) in [6.07, 6.45) is -0.268. The SMILES string of the molecule is Cc1ccc(S(=O)(=O)CCC(=O)OCc2cc(=O)n3c(C)csc3n2)cc1. The van der Waals surface area contributed by atoms with Gasteiger partial charge in [-0.05, 0) is 26.0 Å². The number of rotatable bonds is 6. The molecule has 0 aliphatic rings. The fourth-order valence-electron chi connectivity index (χ4n) is 2.48. The fraction of sp³-hybridized carbons (Fsp3) is 0.278. The minimum Gasteiger partial charge on any atom is -0.459 e. The van der Waals surface area contributed by atoms with Gasteiger partial charge in [0.25, 0.3) is 5.56 Å². The van der Waals surface area contributed by atoms with Gasteiger partial charge in [0.05, 0.1) is 22.8 Å². The summed E-state index contributed by atoms with van der Waals surface area (Å²) in [7, 11) is -3.56. The van der Waals surface area contributed by atoms with Crippen LogP contribution in [0.5, 0.6) is 0 Å². The maximum absolute atomic E-state index is 12.3. The number of fused-ring (bicyclic) bond motifs is 1. The van der Waals surface area contributed by atoms with Gasteiger partial charge in [-0.2, -0.15) is 0 Å². The maximum Gasteiger partial charge on any atom is 0.307 e. The Morgan fingerprint density at radius 2 is 1.93 bits per heavy atom. The minimum atomic E-state index is -3.56. The molecular weight excluding hydrogens is 388 g/mol. The number of nitrogens with zero attached hydrogens (tertiary/aromatic N) is 2. The predicted molar refractivity (Wildman–Crippen MR) is 102 cm³/mol. The zero-order valence-electron chi connectivity index (χ0n) is 14.8. The Morgan fingerprint density at radius 3 is 2.63 bits per heavy atom. The Hall–Kier alpha value is -2.52. The maximum atomic E-state index is 12.3. The van der Waals surface area contributed by atoms with E-state index in [9.17, 15) is 18.0 Å². The van der Waals surface area contributed by atoms with Crippen molar-refractivity contribution >= 4 is 32.1 Å². The highest BCUT2D eigenvalue weighted by Crippen LogP contribution is 2.14. The Morgan fingerprint density at radius 1 is 1.22 bits per heavy atom. The van der Waals surface area contributed by atoms with Gasteiger partial charge >= 0.3 is 5.97 Å². The molecule has 0 saturated carbocycles. The molecule has 0 saturated heterocycles. The molecule has 27 heavy (non-hydrogen) atoms. The third-order valence-electron chi connectivity index (χ3n) is 3.96. The van der Waals surface area contributed by atoms with E-state index in [4.69, 9.17) is 4.74 Å². The van der Waals surface area contributed by atoms with Gasteiger partial charge in [-0.3, -0.25) is 14.0 Å². The van der Waals surface area contributed by atoms with Gasteiger partial charge in [-0.15, -0.1) is 11.3 Å². The molecule has 0 unspecified atom stereocenters. The first kappa shape index (κ1) is 19.2. The van der Waals surface area contributed by atoms with E-state index in [1.807, 2.05) is 12.3 Å². The zero-order valence-corrected chi connectivity index (χ0v) is 16.5. The average molecular weight is 406 g/mol. The van der Waals surface area contributed by atoms with Crippen molar-refractivity contribution in [3.8, 4) is 0 Å². The van der Waals surface area contributed by atoms with Crippen molar-refractivity contribution in [2.45, 2.75) is 31.8 Å². The smallest absolute Gasteiger partial charge is 0.307 e. The second-order valence-corrected chi connectivity index (χ2v) is 9.07. The third kappa shape index (κ3) is 4.42. The van der Waals surface area contributed by atoms with Crippen LogP contribution < -0.4 is 5.56 Å². The van der Waals surface area contributed by atoms with Crippen molar-refractivity contribution in [1.29, 1.82) is 0 Å². The summed E-state index contributed by atoms with van der Waals surface area (Å²) < 4.78 is 31.1. The van der Waals surface area contributed by atoms with Crippen LogP contribution in [0.4, 0.5) is 0 Å². The number of carbonyl (C=O) groups excluding carboxylic acids is 1. The monoisotopic (exact) mass is 406 g/mol. The van der Waals surface area contributed by atoms with Gasteiger partial charge in [-0.25, -0.2) is 13.4 Å². The third-order valence-corrected chi connectivity index (χ3v) is 6.64. The fourth-order valence-corrected chi connectivity index (χ4v) is 4.60. The van der Waals surface area contributed by atoms with E-state index < -0.39 is 15.8 Å². The second-order valence-electron chi connectivity index (χ2n) is 6.12. The number of carbonyl (C=O) groups is 1. The van der Waals surface area contributed by atoms with Crippen LogP contribution in [0.25, 0.3) is 4.96 Å². The van der Waals surface area contributed by atoms with Gasteiger partial charge in [0.15, 0.2) is 14.8 Å². The lowest BCUT2D eigenvalue weighted by atomic mass is 10.2. The van der Waals surface area contributed by atoms with Gasteiger partial charge in [0, 0.05) is 17.1 Å². The first-order chi connectivity index (χ1) is 12.8. The number of hydrogen-bond donors (Lipinski definition) is 0. The summed E-state index contributed by atoms with van der Waals surface area (Å²) in [6.45, 7) is 3.50. The number of hydrogen-bond acceptors (Lipinski definition) is 7. The minimum absolute atomic E-state index is 0.175. The van der Waals surface area contributed by atoms with Gasteiger partial charge in [0.2, 0.25) is 0 Å². The van der Waals surface area contributed by atoms with Crippen LogP contribution in [0.2, 0.25) is 0 Å². The highest BCUT2D eigenvalue weighted by atomic mass is 32.2. The van der Waals surface area contributed by atoms with Crippen molar-refractivity contribution in [2.75, 3.05) is 5.75 Å². The quantitative estimate of drug-likeness (QED) is 0.583. The van der Waals surface area contributed by atoms with Crippen molar-refractivity contribution in [3.63, 3.8) is 0 Å². The Balaban J connectivity index is 1.60. The Bertz CT molecular complexity index is 1140. The van der Waals surface area contributed by atoms with Crippen LogP contribution in [-0.4, -0.2) is 29.5 Å². The summed E-state index contributed by atoms with van der Waals surface area (Å²) in [5, 5.41) is 1.81. The summed E-state index contributed by atoms with van der Waals surface area (Å²) in [5.41, 5.74) is 1.83. The number of aromatic nitrogens is 2. The highest BCUT2D eigenvalue weighted by Gasteiger charge is 2.17. The molecular formula is C18H18N2O5S2. The molecule has 2 heterocycles. The number of thiazole rings is 1. The molecule has 2 aromatic heterocycles. The van der Waals surface area contributed by atoms with E-state index in [0.717, 1.165) is 11.3 Å². The summed E-state index contributed by atoms with van der Waals surface area (Å²) >= 11 is 1.32. The van der Waals surface area contributed by atoms with Crippen molar-refractivity contribution in [2.24, 2.45) is 0 Å². The van der Waals surface area contributed by atoms with Gasteiger partial charge in [-0.1, -0.05) is 17.7 Å². The molecule has 3 aromatic rings. The van der Waals surface area contributed by atoms with E-state index in [1.165, 1.54) is 33.9 Å². The lowest BCUT2D eigenvalue weighted by Crippen LogP contribution is -2.17. The Kier molecular flexibility index (Phi) is 5.43. The number of esters is 1. The van der Waals surface area contributed by atoms with Gasteiger partial charge in [0.1, 0.15) is 6.61 Å². The molecule has 0 radical (unpaired) electrons. The average Bonchev–Trinajstić information content (AvgIpc) is 3.00. The van der Waals surface area contributed by atoms with Gasteiger partial charge < -0.3 is 4.74 Å². The van der Waals surface area contributed by atoms with Crippen molar-refractivity contribution < 1.29 is 17.9 Å². The summed E-state index contributed by atoms with van der Waals surface area (Å²) in [4.78, 5) is 29.0. The van der Waals surface area contributed by atoms with Crippen LogP contribution in [0, 0.1) is 13.8 Å². The molecule has 3 rings (SSSR count). The predicted octanol–water partition coefficient (Wildman–Crippen LogP) is 2.28. The molecule has 0 aliphatic carbocycles. The van der Waals surface area contributed by atoms with E-state index in [1.54, 1.807) is 19.1 Å². The Labute approximate surface area is 160 Å². The first-order valence-electron chi connectivity index (χ1n) is 8.18. The molecule has 142 valence electrons. The largest absolute Gasteiger partial charge is 0.459 e. The highest BCUT2D eigenvalue weighted by molar-refractivity contribution is 7.91. The molecule has 7 nitrogen and oxygen atoms in total. The number of aryl methyl sites for hydroxylation is 2. The molecule has 0 bridgehead atoms. The first-order valence-corrected chi connectivity index (χ1v) is 10.7. The van der Waals surface area contributed by atoms with Crippen LogP contribution >= 0.6 is 11.3 Å². The number of ether oxygens (including phenoxy) is 1. The van der Waals surface area contributed by atoms with Crippen LogP contribution in [0.1, 0.15) is 23.4 Å². The standard InChI is InChI=1S/C18H18N2O5S2/c1-12-3-5-15(6-4-12)27(23,24)8-7-17(22)25-10-14-9-16(21)20-13(2)11-26-18(20)19-14/h3-6,9,11H,7-8,10H2,1-2H3. The van der Waals surface area contributed by atoms with Crippen LogP contribution in [-0.2, 0) is 26.0 Å². The summed E-state index contributed by atoms with van der Waals surface area (Å²) in [5.74, 6) is -0.997. The molecule has 0 aliphatic heterocycles. The normalized spacial score (nSPS) is 11.6. The van der Waals surface area contributed by atoms with E-state index in [-0.39, 0.29) is 29.2 Å². The molecule has 0 fully saturated rings. The van der Waals surface area contributed by atoms with E-state index in [2.05, 4.69) is 4.98 Å². The molecule has 1 aromatic carbocycles. The molecule has 9 heteroatoms.